The molecule has 24 heteroatoms. The number of benzene rings is 2. The van der Waals surface area contributed by atoms with Crippen molar-refractivity contribution in [2.24, 2.45) is 40.0 Å². The zero-order chi connectivity index (χ0) is 47.4. The minimum atomic E-state index is -0.944. The molecule has 3 heterocycles. The third-order valence-electron chi connectivity index (χ3n) is 8.98. The van der Waals surface area contributed by atoms with Crippen LogP contribution >= 0.6 is 46.7 Å². The number of ether oxygens (including phenoxy) is 2. The minimum absolute atomic E-state index is 0. The van der Waals surface area contributed by atoms with Crippen LogP contribution in [-0.4, -0.2) is 75.1 Å². The molecule has 340 valence electrons. The van der Waals surface area contributed by atoms with Gasteiger partial charge in [-0.05, 0) is 92.5 Å². The van der Waals surface area contributed by atoms with Crippen molar-refractivity contribution >= 4 is 76.1 Å². The number of nitrogens with zero attached hydrogens (tertiary/aromatic N) is 8. The molecule has 2 aromatic carbocycles. The summed E-state index contributed by atoms with van der Waals surface area (Å²) in [5.41, 5.74) is -0.216. The second-order valence-corrected chi connectivity index (χ2v) is 16.4. The number of nitrogens with two attached hydrogens (primary N) is 1. The van der Waals surface area contributed by atoms with E-state index >= 15 is 0 Å². The smallest absolute Gasteiger partial charge is 0.486 e. The van der Waals surface area contributed by atoms with Crippen LogP contribution in [0.15, 0.2) is 70.6 Å². The highest BCUT2D eigenvalue weighted by Crippen LogP contribution is 2.43. The van der Waals surface area contributed by atoms with Gasteiger partial charge in [-0.2, -0.15) is 4.85 Å². The SMILES string of the molecule is C#COC(=O)c1noc(C2CC2)c1C(=O)c1ccc(Sc2nn(C)c(=O)n2C)cc1Cl.Cn1nc(Sc2ccc(C(=O)CC(=O)C3CC3)c(Cl)c2)n(C)c1=O.NO.[C-]#[N+]C(=O)OCC.[HH].[HH]. The largest absolute Gasteiger partial charge is 0.561 e. The molecule has 7 rings (SSSR count). The predicted octanol–water partition coefficient (Wildman–Crippen LogP) is 6.13. The lowest BCUT2D eigenvalue weighted by atomic mass is 9.99. The van der Waals surface area contributed by atoms with E-state index in [0.717, 1.165) is 30.6 Å². The molecule has 3 aromatic heterocycles. The number of hydrogen-bond acceptors (Lipinski definition) is 17. The van der Waals surface area contributed by atoms with Crippen LogP contribution in [0.25, 0.3) is 4.85 Å². The Bertz CT molecular complexity index is 2800. The molecule has 1 amide bonds. The fraction of sp³-hybridized carbons (Fsp3) is 0.325. The number of ketones is 3. The molecule has 2 aliphatic rings. The van der Waals surface area contributed by atoms with Gasteiger partial charge in [0.15, 0.2) is 21.9 Å². The van der Waals surface area contributed by atoms with Gasteiger partial charge >= 0.3 is 23.4 Å². The van der Waals surface area contributed by atoms with E-state index in [4.69, 9.17) is 45.9 Å². The van der Waals surface area contributed by atoms with E-state index in [9.17, 15) is 33.6 Å². The zero-order valence-corrected chi connectivity index (χ0v) is 37.8. The standard InChI is InChI=1S/C20H15ClN4O5S.C16H16ClN3O3S.C4H5NO2.H3NO.2H2/c1-4-29-18(27)15-14(17(30-23-15)10-5-6-10)16(26)12-8-7-11(9-13(12)21)31-19-22-25(3)20(28)24(19)2;1-19-15(18-20(2)16(19)23)24-10-5-6-11(12(17)7-10)14(22)8-13(21)9-3-4-9;1-3-7-4(6)5-2;1-2;;/h1,7-10H,5-6H2,2-3H3;5-7,9H,3-4,8H2,1-2H3;3H2,1H3;2H,1H2;2*1H. The van der Waals surface area contributed by atoms with Gasteiger partial charge < -0.3 is 19.2 Å². The molecular weight excluding hydrogens is 918 g/mol. The number of rotatable bonds is 13. The van der Waals surface area contributed by atoms with E-state index in [1.54, 1.807) is 71.6 Å². The van der Waals surface area contributed by atoms with Crippen LogP contribution in [0.4, 0.5) is 4.79 Å². The maximum absolute atomic E-state index is 13.3. The van der Waals surface area contributed by atoms with Crippen LogP contribution in [0.5, 0.6) is 0 Å². The molecule has 64 heavy (non-hydrogen) atoms. The van der Waals surface area contributed by atoms with Gasteiger partial charge in [-0.25, -0.2) is 29.6 Å². The molecule has 3 N–H and O–H groups in total. The van der Waals surface area contributed by atoms with Crippen molar-refractivity contribution in [1.29, 1.82) is 0 Å². The molecule has 0 radical (unpaired) electrons. The summed E-state index contributed by atoms with van der Waals surface area (Å²) in [6.07, 6.45) is 9.30. The normalized spacial score (nSPS) is 12.4. The lowest BCUT2D eigenvalue weighted by Crippen LogP contribution is -2.20. The molecule has 0 unspecified atom stereocenters. The number of aromatic nitrogens is 7. The van der Waals surface area contributed by atoms with Gasteiger partial charge in [-0.15, -0.1) is 10.2 Å². The van der Waals surface area contributed by atoms with Crippen molar-refractivity contribution in [3.63, 3.8) is 0 Å². The molecule has 2 saturated carbocycles. The number of halogens is 2. The zero-order valence-electron chi connectivity index (χ0n) is 34.7. The van der Waals surface area contributed by atoms with Crippen molar-refractivity contribution in [1.82, 2.24) is 33.9 Å². The average molecular weight is 961 g/mol. The van der Waals surface area contributed by atoms with E-state index in [1.807, 2.05) is 0 Å². The van der Waals surface area contributed by atoms with Crippen molar-refractivity contribution < 1.29 is 46.0 Å². The highest BCUT2D eigenvalue weighted by Gasteiger charge is 2.38. The molecule has 0 spiro atoms. The summed E-state index contributed by atoms with van der Waals surface area (Å²) in [5.74, 6) is 2.19. The van der Waals surface area contributed by atoms with Gasteiger partial charge in [0.2, 0.25) is 11.5 Å². The van der Waals surface area contributed by atoms with Crippen molar-refractivity contribution in [2.75, 3.05) is 6.61 Å². The number of esters is 1. The van der Waals surface area contributed by atoms with Crippen LogP contribution < -0.4 is 17.3 Å². The molecule has 2 fully saturated rings. The third kappa shape index (κ3) is 12.7. The maximum Gasteiger partial charge on any atom is 0.561 e. The highest BCUT2D eigenvalue weighted by molar-refractivity contribution is 7.99. The van der Waals surface area contributed by atoms with Gasteiger partial charge in [0.25, 0.3) is 0 Å². The number of amides is 1. The van der Waals surface area contributed by atoms with E-state index in [1.165, 1.54) is 48.1 Å². The second-order valence-electron chi connectivity index (χ2n) is 13.5. The molecule has 0 bridgehead atoms. The van der Waals surface area contributed by atoms with Crippen LogP contribution in [0.3, 0.4) is 0 Å². The van der Waals surface area contributed by atoms with Crippen molar-refractivity contribution in [2.45, 2.75) is 65.0 Å². The second kappa shape index (κ2) is 22.9. The van der Waals surface area contributed by atoms with Crippen LogP contribution in [0.1, 0.15) is 90.3 Å². The van der Waals surface area contributed by atoms with Crippen molar-refractivity contribution in [3.8, 4) is 12.5 Å². The molecule has 0 aliphatic heterocycles. The number of aryl methyl sites for hydroxylation is 2. The first-order valence-electron chi connectivity index (χ1n) is 18.7. The van der Waals surface area contributed by atoms with Gasteiger partial charge in [0.05, 0.1) is 23.1 Å². The van der Waals surface area contributed by atoms with E-state index in [0.29, 0.717) is 31.6 Å². The summed E-state index contributed by atoms with van der Waals surface area (Å²) in [4.78, 5) is 86.7. The van der Waals surface area contributed by atoms with E-state index in [-0.39, 0.29) is 72.5 Å². The molecule has 20 nitrogen and oxygen atoms in total. The number of Topliss-reactive ketones (excluding diaryl/α,β-unsaturated/α-hetero) is 2. The summed E-state index contributed by atoms with van der Waals surface area (Å²) in [6.45, 7) is 8.00. The van der Waals surface area contributed by atoms with E-state index < -0.39 is 17.8 Å². The molecular formula is C40H43Cl2N9O11S2. The number of hydrogen-bond donors (Lipinski definition) is 2. The van der Waals surface area contributed by atoms with Crippen LogP contribution in [0, 0.1) is 25.0 Å². The highest BCUT2D eigenvalue weighted by atomic mass is 35.5. The fourth-order valence-corrected chi connectivity index (χ4v) is 7.96. The number of terminal acetylenes is 1. The van der Waals surface area contributed by atoms with Crippen molar-refractivity contribution in [3.05, 3.63) is 107 Å². The Hall–Kier alpha value is -6.27. The molecule has 0 saturated heterocycles. The Kier molecular flexibility index (Phi) is 18.0. The van der Waals surface area contributed by atoms with E-state index in [2.05, 4.69) is 35.6 Å². The Morgan fingerprint density at radius 1 is 0.922 bits per heavy atom. The third-order valence-corrected chi connectivity index (χ3v) is 11.7. The first-order chi connectivity index (χ1) is 30.5. The lowest BCUT2D eigenvalue weighted by molar-refractivity contribution is -0.119. The van der Waals surface area contributed by atoms with Crippen LogP contribution in [-0.2, 0) is 42.5 Å². The quantitative estimate of drug-likeness (QED) is 0.0336. The maximum atomic E-state index is 13.3. The molecule has 2 aliphatic carbocycles. The van der Waals surface area contributed by atoms with Gasteiger partial charge in [0.1, 0.15) is 24.0 Å². The summed E-state index contributed by atoms with van der Waals surface area (Å²) < 4.78 is 19.3. The minimum Gasteiger partial charge on any atom is -0.486 e. The average Bonchev–Trinajstić information content (AvgIpc) is 4.22. The summed E-state index contributed by atoms with van der Waals surface area (Å²) in [7, 11) is 6.39. The fourth-order valence-electron chi connectivity index (χ4n) is 5.47. The lowest BCUT2D eigenvalue weighted by Gasteiger charge is -2.07. The Balaban J connectivity index is 0.000000381. The summed E-state index contributed by atoms with van der Waals surface area (Å²) in [5, 5.41) is 20.0. The van der Waals surface area contributed by atoms with Gasteiger partial charge in [-0.3, -0.25) is 28.3 Å². The monoisotopic (exact) mass is 959 g/mol. The first-order valence-corrected chi connectivity index (χ1v) is 21.1. The number of carbonyl (C=O) groups excluding carboxylic acids is 5. The first kappa shape index (κ1) is 50.4. The summed E-state index contributed by atoms with van der Waals surface area (Å²) >= 11 is 15.1. The van der Waals surface area contributed by atoms with Gasteiger partial charge in [-0.1, -0.05) is 34.8 Å². The Labute approximate surface area is 385 Å². The summed E-state index contributed by atoms with van der Waals surface area (Å²) in [6, 6.07) is 9.81. The Morgan fingerprint density at radius 3 is 1.83 bits per heavy atom. The Morgan fingerprint density at radius 2 is 1.44 bits per heavy atom. The predicted molar refractivity (Wildman–Crippen MR) is 235 cm³/mol. The molecule has 5 aromatic rings. The molecule has 0 atom stereocenters. The topological polar surface area (TPSA) is 260 Å². The number of carbonyl (C=O) groups is 5. The van der Waals surface area contributed by atoms with Crippen LogP contribution in [0.2, 0.25) is 10.0 Å². The van der Waals surface area contributed by atoms with Gasteiger partial charge in [0, 0.05) is 63.8 Å².